The van der Waals surface area contributed by atoms with Crippen molar-refractivity contribution in [2.75, 3.05) is 18.1 Å². The van der Waals surface area contributed by atoms with E-state index in [-0.39, 0.29) is 17.4 Å². The third-order valence-electron chi connectivity index (χ3n) is 3.80. The lowest BCUT2D eigenvalue weighted by Crippen LogP contribution is -2.42. The summed E-state index contributed by atoms with van der Waals surface area (Å²) in [5.41, 5.74) is 0. The number of thiophene rings is 1. The molecule has 0 N–H and O–H groups in total. The van der Waals surface area contributed by atoms with Gasteiger partial charge >= 0.3 is 0 Å². The summed E-state index contributed by atoms with van der Waals surface area (Å²) in [7, 11) is -3.15. The van der Waals surface area contributed by atoms with E-state index in [0.717, 1.165) is 10.1 Å². The van der Waals surface area contributed by atoms with Gasteiger partial charge in [-0.25, -0.2) is 8.42 Å². The summed E-state index contributed by atoms with van der Waals surface area (Å²) in [6.07, 6.45) is 0. The van der Waals surface area contributed by atoms with E-state index in [9.17, 15) is 13.2 Å². The highest BCUT2D eigenvalue weighted by atomic mass is 35.5. The molecule has 1 unspecified atom stereocenters. The molecule has 0 spiro atoms. The summed E-state index contributed by atoms with van der Waals surface area (Å²) >= 11 is 7.71. The van der Waals surface area contributed by atoms with Crippen molar-refractivity contribution < 1.29 is 13.2 Å². The van der Waals surface area contributed by atoms with Gasteiger partial charge in [0.2, 0.25) is 0 Å². The second-order valence-corrected chi connectivity index (χ2v) is 9.21. The summed E-state index contributed by atoms with van der Waals surface area (Å²) in [5.74, 6) is -0.171. The largest absolute Gasteiger partial charge is 0.334 e. The average Bonchev–Trinajstić information content (AvgIpc) is 2.85. The molecule has 0 saturated heterocycles. The van der Waals surface area contributed by atoms with Gasteiger partial charge in [0.1, 0.15) is 4.88 Å². The number of rotatable bonds is 6. The van der Waals surface area contributed by atoms with Gasteiger partial charge in [0.25, 0.3) is 5.91 Å². The molecule has 0 fully saturated rings. The second kappa shape index (κ2) is 7.20. The van der Waals surface area contributed by atoms with Crippen LogP contribution in [-0.2, 0) is 9.84 Å². The molecule has 2 rings (SSSR count). The van der Waals surface area contributed by atoms with E-state index in [2.05, 4.69) is 0 Å². The van der Waals surface area contributed by atoms with Crippen molar-refractivity contribution in [3.8, 4) is 0 Å². The number of hydrogen-bond acceptors (Lipinski definition) is 4. The van der Waals surface area contributed by atoms with E-state index >= 15 is 0 Å². The molecule has 1 aromatic heterocycles. The van der Waals surface area contributed by atoms with Crippen LogP contribution in [0, 0.1) is 0 Å². The maximum absolute atomic E-state index is 12.8. The van der Waals surface area contributed by atoms with E-state index in [0.29, 0.717) is 16.4 Å². The fraction of sp³-hybridized carbons (Fsp3) is 0.438. The molecule has 126 valence electrons. The lowest BCUT2D eigenvalue weighted by Gasteiger charge is -2.27. The first-order valence-electron chi connectivity index (χ1n) is 7.49. The Bertz CT molecular complexity index is 814. The highest BCUT2D eigenvalue weighted by Crippen LogP contribution is 2.36. The van der Waals surface area contributed by atoms with E-state index in [1.807, 2.05) is 31.2 Å². The van der Waals surface area contributed by atoms with Gasteiger partial charge < -0.3 is 4.90 Å². The van der Waals surface area contributed by atoms with E-state index in [4.69, 9.17) is 11.6 Å². The Balaban J connectivity index is 2.33. The quantitative estimate of drug-likeness (QED) is 0.773. The zero-order valence-corrected chi connectivity index (χ0v) is 15.8. The zero-order chi connectivity index (χ0) is 17.2. The minimum absolute atomic E-state index is 0.0361. The van der Waals surface area contributed by atoms with Crippen LogP contribution in [0.3, 0.4) is 0 Å². The van der Waals surface area contributed by atoms with Crippen LogP contribution < -0.4 is 0 Å². The van der Waals surface area contributed by atoms with Crippen LogP contribution in [0.2, 0.25) is 5.02 Å². The summed E-state index contributed by atoms with van der Waals surface area (Å²) in [6, 6.07) is 7.19. The molecule has 0 aliphatic heterocycles. The summed E-state index contributed by atoms with van der Waals surface area (Å²) in [5, 5.41) is 1.30. The number of sulfone groups is 1. The Morgan fingerprint density at radius 2 is 1.96 bits per heavy atom. The number of carbonyl (C=O) groups is 1. The molecule has 2 aromatic rings. The second-order valence-electron chi connectivity index (χ2n) is 5.38. The van der Waals surface area contributed by atoms with Gasteiger partial charge in [0.05, 0.1) is 10.8 Å². The number of benzene rings is 1. The summed E-state index contributed by atoms with van der Waals surface area (Å²) < 4.78 is 24.6. The number of nitrogens with zero attached hydrogens (tertiary/aromatic N) is 1. The van der Waals surface area contributed by atoms with Crippen molar-refractivity contribution in [2.45, 2.75) is 26.8 Å². The highest BCUT2D eigenvalue weighted by Gasteiger charge is 2.27. The summed E-state index contributed by atoms with van der Waals surface area (Å²) in [6.45, 7) is 5.65. The lowest BCUT2D eigenvalue weighted by molar-refractivity contribution is 0.0724. The van der Waals surface area contributed by atoms with Crippen LogP contribution in [0.25, 0.3) is 10.1 Å². The smallest absolute Gasteiger partial charge is 0.265 e. The molecule has 1 heterocycles. The molecule has 4 nitrogen and oxygen atoms in total. The van der Waals surface area contributed by atoms with Crippen molar-refractivity contribution in [3.63, 3.8) is 0 Å². The SMILES string of the molecule is CCN(C(=O)c1sc2ccccc2c1Cl)C(C)CS(=O)(=O)CC. The van der Waals surface area contributed by atoms with E-state index in [1.165, 1.54) is 11.3 Å². The minimum Gasteiger partial charge on any atom is -0.334 e. The zero-order valence-electron chi connectivity index (χ0n) is 13.4. The lowest BCUT2D eigenvalue weighted by atomic mass is 10.2. The van der Waals surface area contributed by atoms with Gasteiger partial charge in [-0.1, -0.05) is 36.7 Å². The number of amides is 1. The number of halogens is 1. The Labute approximate surface area is 146 Å². The predicted octanol–water partition coefficient (Wildman–Crippen LogP) is 3.84. The Kier molecular flexibility index (Phi) is 5.70. The number of carbonyl (C=O) groups excluding carboxylic acids is 1. The van der Waals surface area contributed by atoms with Crippen molar-refractivity contribution in [1.29, 1.82) is 0 Å². The van der Waals surface area contributed by atoms with Crippen LogP contribution in [-0.4, -0.2) is 43.3 Å². The van der Waals surface area contributed by atoms with Gasteiger partial charge in [-0.05, 0) is 19.9 Å². The van der Waals surface area contributed by atoms with Crippen LogP contribution in [0.15, 0.2) is 24.3 Å². The first-order valence-corrected chi connectivity index (χ1v) is 10.5. The van der Waals surface area contributed by atoms with Gasteiger partial charge in [0, 0.05) is 28.4 Å². The van der Waals surface area contributed by atoms with E-state index < -0.39 is 15.9 Å². The summed E-state index contributed by atoms with van der Waals surface area (Å²) in [4.78, 5) is 14.9. The minimum atomic E-state index is -3.15. The van der Waals surface area contributed by atoms with Crippen molar-refractivity contribution in [3.05, 3.63) is 34.2 Å². The van der Waals surface area contributed by atoms with Crippen LogP contribution in [0.4, 0.5) is 0 Å². The molecule has 0 aliphatic rings. The van der Waals surface area contributed by atoms with Gasteiger partial charge in [-0.3, -0.25) is 4.79 Å². The van der Waals surface area contributed by atoms with Gasteiger partial charge in [-0.2, -0.15) is 0 Å². The topological polar surface area (TPSA) is 54.5 Å². The van der Waals surface area contributed by atoms with Crippen molar-refractivity contribution >= 4 is 48.8 Å². The Morgan fingerprint density at radius 3 is 2.52 bits per heavy atom. The highest BCUT2D eigenvalue weighted by molar-refractivity contribution is 7.91. The standard InChI is InChI=1S/C16H20ClNO3S2/c1-4-18(11(3)10-23(20,21)5-2)16(19)15-14(17)12-8-6-7-9-13(12)22-15/h6-9,11H,4-5,10H2,1-3H3. The van der Waals surface area contributed by atoms with Gasteiger partial charge in [-0.15, -0.1) is 11.3 Å². The molecule has 1 atom stereocenters. The Morgan fingerprint density at radius 1 is 1.30 bits per heavy atom. The average molecular weight is 374 g/mol. The maximum atomic E-state index is 12.8. The molecular weight excluding hydrogens is 354 g/mol. The number of hydrogen-bond donors (Lipinski definition) is 0. The molecular formula is C16H20ClNO3S2. The Hall–Kier alpha value is -1.11. The molecule has 0 radical (unpaired) electrons. The monoisotopic (exact) mass is 373 g/mol. The third-order valence-corrected chi connectivity index (χ3v) is 7.33. The molecule has 0 bridgehead atoms. The van der Waals surface area contributed by atoms with E-state index in [1.54, 1.807) is 18.7 Å². The fourth-order valence-corrected chi connectivity index (χ4v) is 5.13. The van der Waals surface area contributed by atoms with Crippen molar-refractivity contribution in [1.82, 2.24) is 4.90 Å². The maximum Gasteiger partial charge on any atom is 0.265 e. The molecule has 0 saturated carbocycles. The van der Waals surface area contributed by atoms with Crippen LogP contribution >= 0.6 is 22.9 Å². The van der Waals surface area contributed by atoms with Crippen LogP contribution in [0.1, 0.15) is 30.4 Å². The molecule has 23 heavy (non-hydrogen) atoms. The third kappa shape index (κ3) is 3.87. The van der Waals surface area contributed by atoms with Crippen LogP contribution in [0.5, 0.6) is 0 Å². The predicted molar refractivity (Wildman–Crippen MR) is 97.3 cm³/mol. The molecule has 0 aliphatic carbocycles. The number of fused-ring (bicyclic) bond motifs is 1. The molecule has 7 heteroatoms. The van der Waals surface area contributed by atoms with Crippen molar-refractivity contribution in [2.24, 2.45) is 0 Å². The normalized spacial score (nSPS) is 13.2. The first-order chi connectivity index (χ1) is 10.8. The first kappa shape index (κ1) is 18.2. The molecule has 1 aromatic carbocycles. The molecule has 1 amide bonds. The van der Waals surface area contributed by atoms with Gasteiger partial charge in [0.15, 0.2) is 9.84 Å². The fourth-order valence-electron chi connectivity index (χ4n) is 2.51.